The number of rotatable bonds is 4. The van der Waals surface area contributed by atoms with Gasteiger partial charge in [-0.3, -0.25) is 0 Å². The molecule has 0 bridgehead atoms. The molecule has 0 saturated carbocycles. The van der Waals surface area contributed by atoms with Gasteiger partial charge >= 0.3 is 0 Å². The third kappa shape index (κ3) is 12.2. The van der Waals surface area contributed by atoms with Crippen LogP contribution in [0, 0.1) is 0 Å². The maximum absolute atomic E-state index is 4.81. The lowest BCUT2D eigenvalue weighted by atomic mass is 10.6. The van der Waals surface area contributed by atoms with E-state index < -0.39 is 0 Å². The number of hydrogen-bond acceptors (Lipinski definition) is 2. The van der Waals surface area contributed by atoms with Gasteiger partial charge in [0.1, 0.15) is 4.32 Å². The Labute approximate surface area is 93.5 Å². The third-order valence-electron chi connectivity index (χ3n) is 1.53. The molecule has 80 valence electrons. The maximum Gasteiger partial charge on any atom is 0.133 e. The first-order valence-electron chi connectivity index (χ1n) is 4.82. The van der Waals surface area contributed by atoms with E-state index in [9.17, 15) is 0 Å². The van der Waals surface area contributed by atoms with Crippen molar-refractivity contribution in [1.82, 2.24) is 10.2 Å². The fraction of sp³-hybridized carbons (Fsp3) is 0.889. The van der Waals surface area contributed by atoms with Crippen LogP contribution >= 0.6 is 24.8 Å². The van der Waals surface area contributed by atoms with Crippen molar-refractivity contribution in [3.05, 3.63) is 0 Å². The lowest BCUT2D eigenvalue weighted by Gasteiger charge is -2.16. The van der Waals surface area contributed by atoms with Gasteiger partial charge in [-0.1, -0.05) is 26.1 Å². The molecule has 0 aliphatic heterocycles. The molecule has 13 heavy (non-hydrogen) atoms. The average Bonchev–Trinajstić information content (AvgIpc) is 2.08. The lowest BCUT2D eigenvalue weighted by Crippen LogP contribution is -2.24. The van der Waals surface area contributed by atoms with Crippen molar-refractivity contribution < 1.29 is 0 Å². The van der Waals surface area contributed by atoms with Crippen LogP contribution in [0.1, 0.15) is 27.7 Å². The summed E-state index contributed by atoms with van der Waals surface area (Å²) in [6.45, 7) is 12.4. The number of hydrogen-bond donors (Lipinski definition) is 2. The van der Waals surface area contributed by atoms with Gasteiger partial charge in [-0.15, -0.1) is 12.6 Å². The molecule has 0 aromatic rings. The Balaban J connectivity index is 0. The van der Waals surface area contributed by atoms with Gasteiger partial charge in [-0.25, -0.2) is 0 Å². The highest BCUT2D eigenvalue weighted by molar-refractivity contribution is 8.10. The SMILES string of the molecule is CCN(CC)C(=S)S.CCNCC. The van der Waals surface area contributed by atoms with Gasteiger partial charge in [0.25, 0.3) is 0 Å². The van der Waals surface area contributed by atoms with Gasteiger partial charge in [0.05, 0.1) is 0 Å². The van der Waals surface area contributed by atoms with Crippen LogP contribution in [0.15, 0.2) is 0 Å². The van der Waals surface area contributed by atoms with Crippen LogP contribution in [0.5, 0.6) is 0 Å². The fourth-order valence-electron chi connectivity index (χ4n) is 0.744. The molecule has 2 nitrogen and oxygen atoms in total. The summed E-state index contributed by atoms with van der Waals surface area (Å²) in [5, 5.41) is 3.11. The Morgan fingerprint density at radius 1 is 1.15 bits per heavy atom. The van der Waals surface area contributed by atoms with Crippen molar-refractivity contribution in [2.75, 3.05) is 26.2 Å². The molecule has 0 aliphatic rings. The normalized spacial score (nSPS) is 8.69. The van der Waals surface area contributed by atoms with Crippen LogP contribution in [0.4, 0.5) is 0 Å². The molecule has 0 rings (SSSR count). The highest BCUT2D eigenvalue weighted by Gasteiger charge is 1.96. The fourth-order valence-corrected chi connectivity index (χ4v) is 1.29. The van der Waals surface area contributed by atoms with E-state index in [1.807, 2.05) is 4.90 Å². The molecule has 0 fully saturated rings. The smallest absolute Gasteiger partial charge is 0.133 e. The van der Waals surface area contributed by atoms with Gasteiger partial charge in [0, 0.05) is 13.1 Å². The van der Waals surface area contributed by atoms with Gasteiger partial charge in [0.2, 0.25) is 0 Å². The van der Waals surface area contributed by atoms with Crippen LogP contribution in [0.3, 0.4) is 0 Å². The number of thiol groups is 1. The second-order valence-corrected chi connectivity index (χ2v) is 3.52. The summed E-state index contributed by atoms with van der Waals surface area (Å²) in [5.41, 5.74) is 0. The van der Waals surface area contributed by atoms with Crippen molar-refractivity contribution in [3.8, 4) is 0 Å². The molecule has 0 radical (unpaired) electrons. The summed E-state index contributed by atoms with van der Waals surface area (Å²) in [7, 11) is 0. The Bertz CT molecular complexity index is 112. The summed E-state index contributed by atoms with van der Waals surface area (Å²) in [4.78, 5) is 2.01. The minimum atomic E-state index is 0.690. The van der Waals surface area contributed by atoms with Crippen LogP contribution in [-0.4, -0.2) is 35.4 Å². The average molecular weight is 222 g/mol. The first-order valence-corrected chi connectivity index (χ1v) is 5.67. The van der Waals surface area contributed by atoms with Gasteiger partial charge in [-0.05, 0) is 26.9 Å². The molecule has 0 spiro atoms. The van der Waals surface area contributed by atoms with Gasteiger partial charge in [0.15, 0.2) is 0 Å². The molecule has 1 N–H and O–H groups in total. The first kappa shape index (κ1) is 15.7. The number of nitrogens with zero attached hydrogens (tertiary/aromatic N) is 1. The predicted octanol–water partition coefficient (Wildman–Crippen LogP) is 2.16. The second kappa shape index (κ2) is 12.2. The molecule has 0 aromatic carbocycles. The minimum Gasteiger partial charge on any atom is -0.358 e. The van der Waals surface area contributed by atoms with E-state index in [0.29, 0.717) is 4.32 Å². The third-order valence-corrected chi connectivity index (χ3v) is 2.08. The van der Waals surface area contributed by atoms with E-state index in [4.69, 9.17) is 12.2 Å². The lowest BCUT2D eigenvalue weighted by molar-refractivity contribution is 0.482. The summed E-state index contributed by atoms with van der Waals surface area (Å²) >= 11 is 8.82. The summed E-state index contributed by atoms with van der Waals surface area (Å²) in [6, 6.07) is 0. The van der Waals surface area contributed by atoms with E-state index >= 15 is 0 Å². The zero-order valence-electron chi connectivity index (χ0n) is 9.13. The van der Waals surface area contributed by atoms with Crippen LogP contribution in [0.2, 0.25) is 0 Å². The van der Waals surface area contributed by atoms with Crippen molar-refractivity contribution in [3.63, 3.8) is 0 Å². The van der Waals surface area contributed by atoms with Crippen molar-refractivity contribution >= 4 is 29.2 Å². The molecule has 0 unspecified atom stereocenters. The van der Waals surface area contributed by atoms with Crippen LogP contribution in [0.25, 0.3) is 0 Å². The monoisotopic (exact) mass is 222 g/mol. The largest absolute Gasteiger partial charge is 0.358 e. The molecular formula is C9H22N2S2. The van der Waals surface area contributed by atoms with E-state index in [2.05, 4.69) is 45.6 Å². The highest BCUT2D eigenvalue weighted by atomic mass is 32.1. The maximum atomic E-state index is 4.81. The molecule has 0 atom stereocenters. The summed E-state index contributed by atoms with van der Waals surface area (Å²) in [6.07, 6.45) is 0. The van der Waals surface area contributed by atoms with Crippen LogP contribution in [-0.2, 0) is 0 Å². The van der Waals surface area contributed by atoms with Crippen molar-refractivity contribution in [1.29, 1.82) is 0 Å². The zero-order valence-corrected chi connectivity index (χ0v) is 10.8. The van der Waals surface area contributed by atoms with E-state index in [-0.39, 0.29) is 0 Å². The van der Waals surface area contributed by atoms with E-state index in [1.54, 1.807) is 0 Å². The topological polar surface area (TPSA) is 15.3 Å². The molecule has 0 heterocycles. The van der Waals surface area contributed by atoms with Crippen molar-refractivity contribution in [2.45, 2.75) is 27.7 Å². The molecular weight excluding hydrogens is 200 g/mol. The molecule has 0 aliphatic carbocycles. The van der Waals surface area contributed by atoms with Gasteiger partial charge < -0.3 is 10.2 Å². The Kier molecular flexibility index (Phi) is 14.7. The van der Waals surface area contributed by atoms with Crippen molar-refractivity contribution in [2.24, 2.45) is 0 Å². The Hall–Kier alpha value is 0.200. The molecule has 0 saturated heterocycles. The highest BCUT2D eigenvalue weighted by Crippen LogP contribution is 1.93. The van der Waals surface area contributed by atoms with Gasteiger partial charge in [-0.2, -0.15) is 0 Å². The Morgan fingerprint density at radius 2 is 1.54 bits per heavy atom. The zero-order chi connectivity index (χ0) is 10.7. The first-order chi connectivity index (χ1) is 6.13. The molecule has 0 aromatic heterocycles. The summed E-state index contributed by atoms with van der Waals surface area (Å²) < 4.78 is 0.690. The van der Waals surface area contributed by atoms with E-state index in [0.717, 1.165) is 26.2 Å². The number of thiocarbonyl (C=S) groups is 1. The Morgan fingerprint density at radius 3 is 1.54 bits per heavy atom. The molecule has 4 heteroatoms. The quantitative estimate of drug-likeness (QED) is 0.560. The summed E-state index contributed by atoms with van der Waals surface area (Å²) in [5.74, 6) is 0. The molecule has 0 amide bonds. The number of nitrogens with one attached hydrogen (secondary N) is 1. The predicted molar refractivity (Wildman–Crippen MR) is 68.7 cm³/mol. The standard InChI is InChI=1S/C5H11NS2.C4H11N/c1-3-6(4-2)5(7)8;1-3-5-4-2/h3-4H2,1-2H3,(H,7,8);5H,3-4H2,1-2H3. The van der Waals surface area contributed by atoms with E-state index in [1.165, 1.54) is 0 Å². The van der Waals surface area contributed by atoms with Crippen LogP contribution < -0.4 is 5.32 Å². The minimum absolute atomic E-state index is 0.690. The second-order valence-electron chi connectivity index (χ2n) is 2.41.